The lowest BCUT2D eigenvalue weighted by Crippen LogP contribution is -2.41. The summed E-state index contributed by atoms with van der Waals surface area (Å²) in [5, 5.41) is 0.338. The summed E-state index contributed by atoms with van der Waals surface area (Å²) >= 11 is 13.7. The molecule has 13 heteroatoms. The Morgan fingerprint density at radius 3 is 2.36 bits per heavy atom. The summed E-state index contributed by atoms with van der Waals surface area (Å²) in [7, 11) is 0. The van der Waals surface area contributed by atoms with Crippen LogP contribution in [0.2, 0.25) is 5.02 Å². The van der Waals surface area contributed by atoms with E-state index in [9.17, 15) is 22.8 Å². The van der Waals surface area contributed by atoms with Crippen LogP contribution in [0.25, 0.3) is 6.08 Å². The van der Waals surface area contributed by atoms with E-state index in [1.807, 2.05) is 13.8 Å². The van der Waals surface area contributed by atoms with Crippen LogP contribution in [0.15, 0.2) is 66.4 Å². The van der Waals surface area contributed by atoms with Gasteiger partial charge in [0.05, 0.1) is 37.8 Å². The Morgan fingerprint density at radius 1 is 1.21 bits per heavy atom. The molecular formula is C26H20Br2ClF3N2O4S. The number of thiazole rings is 1. The van der Waals surface area contributed by atoms with Gasteiger partial charge in [0.1, 0.15) is 5.75 Å². The maximum Gasteiger partial charge on any atom is 0.434 e. The fourth-order valence-electron chi connectivity index (χ4n) is 3.96. The van der Waals surface area contributed by atoms with Gasteiger partial charge in [-0.25, -0.2) is 9.79 Å². The first-order valence-corrected chi connectivity index (χ1v) is 14.3. The van der Waals surface area contributed by atoms with E-state index in [0.717, 1.165) is 15.9 Å². The van der Waals surface area contributed by atoms with Crippen LogP contribution in [0, 0.1) is 0 Å². The minimum Gasteiger partial charge on any atom is -0.489 e. The normalized spacial score (nSPS) is 15.8. The monoisotopic (exact) mass is 706 g/mol. The van der Waals surface area contributed by atoms with Crippen molar-refractivity contribution in [1.82, 2.24) is 4.57 Å². The van der Waals surface area contributed by atoms with Crippen molar-refractivity contribution in [2.24, 2.45) is 4.99 Å². The number of halogens is 6. The summed E-state index contributed by atoms with van der Waals surface area (Å²) in [5.74, 6) is -0.642. The zero-order valence-electron chi connectivity index (χ0n) is 20.6. The first-order chi connectivity index (χ1) is 18.3. The summed E-state index contributed by atoms with van der Waals surface area (Å²) < 4.78 is 55.9. The van der Waals surface area contributed by atoms with Gasteiger partial charge in [0.2, 0.25) is 0 Å². The second kappa shape index (κ2) is 11.6. The van der Waals surface area contributed by atoms with Gasteiger partial charge >= 0.3 is 12.1 Å². The van der Waals surface area contributed by atoms with Crippen LogP contribution in [0.1, 0.15) is 37.9 Å². The van der Waals surface area contributed by atoms with Crippen LogP contribution >= 0.6 is 54.8 Å². The minimum atomic E-state index is -4.98. The molecule has 6 nitrogen and oxygen atoms in total. The summed E-state index contributed by atoms with van der Waals surface area (Å²) in [5.41, 5.74) is -1.97. The highest BCUT2D eigenvalue weighted by Crippen LogP contribution is 2.39. The van der Waals surface area contributed by atoms with Crippen LogP contribution in [0.3, 0.4) is 0 Å². The summed E-state index contributed by atoms with van der Waals surface area (Å²) in [6.45, 7) is 5.08. The number of carbonyl (C=O) groups is 1. The standard InChI is InChI=1S/C26H20Br2ClF3N2O4S/c1-4-37-24(36)19-20(14-5-7-15(29)8-6-14)34-23(35)18(39-25(34)33-22(19)26(30,31)32)11-13-9-16(27)21(17(28)10-13)38-12(2)3/h5-12,20H,4H2,1-3H3/b18-11-/t20-/m0/s1. The van der Waals surface area contributed by atoms with Crippen LogP contribution in [-0.2, 0) is 9.53 Å². The lowest BCUT2D eigenvalue weighted by molar-refractivity contribution is -0.140. The molecule has 0 fully saturated rings. The third kappa shape index (κ3) is 6.18. The zero-order valence-corrected chi connectivity index (χ0v) is 25.4. The maximum absolute atomic E-state index is 14.2. The maximum atomic E-state index is 14.2. The van der Waals surface area contributed by atoms with Gasteiger partial charge in [-0.05, 0) is 94.1 Å². The number of esters is 1. The van der Waals surface area contributed by atoms with Gasteiger partial charge in [0.25, 0.3) is 5.56 Å². The Labute approximate surface area is 246 Å². The lowest BCUT2D eigenvalue weighted by atomic mass is 9.95. The SMILES string of the molecule is CCOC(=O)C1=C(C(F)(F)F)N=c2s/c(=C\c3cc(Br)c(OC(C)C)c(Br)c3)c(=O)n2[C@H]1c1ccc(Cl)cc1. The molecule has 4 rings (SSSR count). The van der Waals surface area contributed by atoms with Crippen LogP contribution in [0.5, 0.6) is 5.75 Å². The number of aromatic nitrogens is 1. The highest BCUT2D eigenvalue weighted by Gasteiger charge is 2.45. The van der Waals surface area contributed by atoms with Crippen molar-refractivity contribution in [3.05, 3.63) is 92.5 Å². The zero-order chi connectivity index (χ0) is 28.6. The van der Waals surface area contributed by atoms with Gasteiger partial charge in [0, 0.05) is 5.02 Å². The third-order valence-corrected chi connectivity index (χ3v) is 7.87. The van der Waals surface area contributed by atoms with Crippen molar-refractivity contribution in [2.45, 2.75) is 39.1 Å². The first-order valence-electron chi connectivity index (χ1n) is 11.5. The Bertz CT molecular complexity index is 1620. The number of carbonyl (C=O) groups excluding carboxylic acids is 1. The van der Waals surface area contributed by atoms with E-state index < -0.39 is 35.0 Å². The van der Waals surface area contributed by atoms with E-state index in [2.05, 4.69) is 36.9 Å². The molecule has 1 aliphatic rings. The fourth-order valence-corrected chi connectivity index (χ4v) is 6.50. The van der Waals surface area contributed by atoms with E-state index in [1.54, 1.807) is 18.2 Å². The molecule has 39 heavy (non-hydrogen) atoms. The number of ether oxygens (including phenoxy) is 2. The quantitative estimate of drug-likeness (QED) is 0.282. The largest absolute Gasteiger partial charge is 0.489 e. The average molecular weight is 709 g/mol. The molecule has 206 valence electrons. The highest BCUT2D eigenvalue weighted by molar-refractivity contribution is 9.11. The van der Waals surface area contributed by atoms with Crippen LogP contribution in [-0.4, -0.2) is 29.4 Å². The molecule has 2 aromatic carbocycles. The summed E-state index contributed by atoms with van der Waals surface area (Å²) in [6, 6.07) is 7.88. The number of nitrogens with zero attached hydrogens (tertiary/aromatic N) is 2. The molecule has 0 amide bonds. The second-order valence-corrected chi connectivity index (χ2v) is 11.7. The Hall–Kier alpha value is -2.41. The van der Waals surface area contributed by atoms with Crippen molar-refractivity contribution in [1.29, 1.82) is 0 Å². The van der Waals surface area contributed by atoms with Gasteiger partial charge in [0.15, 0.2) is 10.5 Å². The highest BCUT2D eigenvalue weighted by atomic mass is 79.9. The van der Waals surface area contributed by atoms with Gasteiger partial charge in [-0.15, -0.1) is 0 Å². The molecule has 0 N–H and O–H groups in total. The molecule has 1 aromatic heterocycles. The van der Waals surface area contributed by atoms with Gasteiger partial charge < -0.3 is 9.47 Å². The molecular weight excluding hydrogens is 689 g/mol. The number of alkyl halides is 3. The number of fused-ring (bicyclic) bond motifs is 1. The van der Waals surface area contributed by atoms with Gasteiger partial charge in [-0.2, -0.15) is 13.2 Å². The Morgan fingerprint density at radius 2 is 1.82 bits per heavy atom. The van der Waals surface area contributed by atoms with E-state index in [4.69, 9.17) is 21.1 Å². The smallest absolute Gasteiger partial charge is 0.434 e. The van der Waals surface area contributed by atoms with Crippen LogP contribution in [0.4, 0.5) is 13.2 Å². The van der Waals surface area contributed by atoms with E-state index in [0.29, 0.717) is 25.3 Å². The Kier molecular flexibility index (Phi) is 8.79. The molecule has 0 bridgehead atoms. The molecule has 1 aliphatic heterocycles. The molecule has 3 aromatic rings. The number of benzene rings is 2. The molecule has 1 atom stereocenters. The molecule has 0 spiro atoms. The van der Waals surface area contributed by atoms with Crippen molar-refractivity contribution in [3.63, 3.8) is 0 Å². The van der Waals surface area contributed by atoms with Crippen molar-refractivity contribution < 1.29 is 27.4 Å². The second-order valence-electron chi connectivity index (χ2n) is 8.60. The molecule has 0 unspecified atom stereocenters. The third-order valence-electron chi connectivity index (χ3n) is 5.45. The topological polar surface area (TPSA) is 69.9 Å². The van der Waals surface area contributed by atoms with Gasteiger partial charge in [-0.3, -0.25) is 9.36 Å². The minimum absolute atomic E-state index is 0.0866. The molecule has 0 aliphatic carbocycles. The fraction of sp³-hybridized carbons (Fsp3) is 0.269. The lowest BCUT2D eigenvalue weighted by Gasteiger charge is -2.26. The van der Waals surface area contributed by atoms with E-state index in [1.165, 1.54) is 31.2 Å². The average Bonchev–Trinajstić information content (AvgIpc) is 3.15. The van der Waals surface area contributed by atoms with E-state index >= 15 is 0 Å². The van der Waals surface area contributed by atoms with Crippen molar-refractivity contribution in [3.8, 4) is 5.75 Å². The predicted molar refractivity (Wildman–Crippen MR) is 150 cm³/mol. The Balaban J connectivity index is 1.99. The number of allylic oxidation sites excluding steroid dienone is 1. The molecule has 0 saturated carbocycles. The molecule has 2 heterocycles. The van der Waals surface area contributed by atoms with E-state index in [-0.39, 0.29) is 27.6 Å². The molecule has 0 radical (unpaired) electrons. The molecule has 0 saturated heterocycles. The van der Waals surface area contributed by atoms with Gasteiger partial charge in [-0.1, -0.05) is 35.1 Å². The first kappa shape index (κ1) is 29.6. The summed E-state index contributed by atoms with van der Waals surface area (Å²) in [4.78, 5) is 30.1. The number of hydrogen-bond acceptors (Lipinski definition) is 6. The number of hydrogen-bond donors (Lipinski definition) is 0. The predicted octanol–water partition coefficient (Wildman–Crippen LogP) is 6.31. The van der Waals surface area contributed by atoms with Crippen molar-refractivity contribution in [2.75, 3.05) is 6.61 Å². The summed E-state index contributed by atoms with van der Waals surface area (Å²) in [6.07, 6.45) is -3.53. The van der Waals surface area contributed by atoms with Crippen molar-refractivity contribution >= 4 is 66.8 Å². The number of rotatable bonds is 6. The van der Waals surface area contributed by atoms with Crippen LogP contribution < -0.4 is 19.6 Å².